The van der Waals surface area contributed by atoms with Gasteiger partial charge in [-0.2, -0.15) is 0 Å². The van der Waals surface area contributed by atoms with Gasteiger partial charge >= 0.3 is 0 Å². The van der Waals surface area contributed by atoms with Crippen LogP contribution in [0.2, 0.25) is 10.0 Å². The molecule has 2 unspecified atom stereocenters. The van der Waals surface area contributed by atoms with Crippen LogP contribution in [-0.4, -0.2) is 10.8 Å². The number of benzene rings is 3. The second-order valence-electron chi connectivity index (χ2n) is 6.45. The number of aliphatic imine (C=N–C) groups is 1. The second kappa shape index (κ2) is 7.62. The number of rotatable bonds is 4. The fourth-order valence-electron chi connectivity index (χ4n) is 3.24. The average Bonchev–Trinajstić information content (AvgIpc) is 3.14. The second-order valence-corrected chi connectivity index (χ2v) is 7.32. The number of nitro benzene ring substituents is 1. The predicted molar refractivity (Wildman–Crippen MR) is 111 cm³/mol. The zero-order valence-corrected chi connectivity index (χ0v) is 16.1. The minimum absolute atomic E-state index is 0.0589. The van der Waals surface area contributed by atoms with Gasteiger partial charge in [-0.05, 0) is 47.5 Å². The Hall–Kier alpha value is -2.89. The lowest BCUT2D eigenvalue weighted by atomic mass is 9.95. The quantitative estimate of drug-likeness (QED) is 0.439. The van der Waals surface area contributed by atoms with Crippen LogP contribution in [-0.2, 0) is 0 Å². The van der Waals surface area contributed by atoms with Gasteiger partial charge in [0.25, 0.3) is 5.69 Å². The highest BCUT2D eigenvalue weighted by Crippen LogP contribution is 2.38. The fourth-order valence-corrected chi connectivity index (χ4v) is 3.49. The van der Waals surface area contributed by atoms with Gasteiger partial charge in [0.1, 0.15) is 11.9 Å². The van der Waals surface area contributed by atoms with E-state index >= 15 is 0 Å². The summed E-state index contributed by atoms with van der Waals surface area (Å²) in [6.07, 6.45) is 0. The molecule has 28 heavy (non-hydrogen) atoms. The van der Waals surface area contributed by atoms with E-state index in [1.54, 1.807) is 12.1 Å². The van der Waals surface area contributed by atoms with Gasteiger partial charge in [0.2, 0.25) is 0 Å². The van der Waals surface area contributed by atoms with E-state index < -0.39 is 4.92 Å². The van der Waals surface area contributed by atoms with Gasteiger partial charge in [0, 0.05) is 27.7 Å². The lowest BCUT2D eigenvalue weighted by molar-refractivity contribution is -0.384. The highest BCUT2D eigenvalue weighted by atomic mass is 35.5. The molecule has 4 rings (SSSR count). The molecule has 0 saturated heterocycles. The summed E-state index contributed by atoms with van der Waals surface area (Å²) < 4.78 is 0. The van der Waals surface area contributed by atoms with Crippen molar-refractivity contribution in [2.75, 3.05) is 0 Å². The number of hydrogen-bond acceptors (Lipinski definition) is 4. The molecule has 140 valence electrons. The maximum atomic E-state index is 11.0. The molecule has 0 fully saturated rings. The van der Waals surface area contributed by atoms with Crippen LogP contribution in [0.4, 0.5) is 5.69 Å². The van der Waals surface area contributed by atoms with Crippen molar-refractivity contribution in [2.45, 2.75) is 12.1 Å². The van der Waals surface area contributed by atoms with Crippen molar-refractivity contribution >= 4 is 34.7 Å². The fraction of sp³-hybridized carbons (Fsp3) is 0.0952. The summed E-state index contributed by atoms with van der Waals surface area (Å²) in [7, 11) is 0. The summed E-state index contributed by atoms with van der Waals surface area (Å²) in [6.45, 7) is 0. The molecule has 0 bridgehead atoms. The summed E-state index contributed by atoms with van der Waals surface area (Å²) in [6, 6.07) is 21.2. The van der Waals surface area contributed by atoms with Gasteiger partial charge in [-0.15, -0.1) is 0 Å². The molecule has 1 N–H and O–H groups in total. The van der Waals surface area contributed by atoms with Crippen LogP contribution in [0.15, 0.2) is 77.8 Å². The molecule has 0 aliphatic carbocycles. The van der Waals surface area contributed by atoms with Gasteiger partial charge in [-0.25, -0.2) is 0 Å². The SMILES string of the molecule is O=[N+]([O-])c1ccc(C2NC(c3ccc(Cl)cc3)=NC2c2ccc(Cl)cc2)cc1. The maximum absolute atomic E-state index is 11.0. The van der Waals surface area contributed by atoms with E-state index in [0.29, 0.717) is 10.0 Å². The van der Waals surface area contributed by atoms with Crippen LogP contribution in [0.5, 0.6) is 0 Å². The molecule has 1 aliphatic heterocycles. The monoisotopic (exact) mass is 411 g/mol. The summed E-state index contributed by atoms with van der Waals surface area (Å²) in [5.41, 5.74) is 2.90. The van der Waals surface area contributed by atoms with Crippen molar-refractivity contribution in [3.05, 3.63) is 110 Å². The molecule has 3 aromatic rings. The van der Waals surface area contributed by atoms with Gasteiger partial charge in [0.05, 0.1) is 11.0 Å². The summed E-state index contributed by atoms with van der Waals surface area (Å²) in [4.78, 5) is 15.4. The number of hydrogen-bond donors (Lipinski definition) is 1. The Labute approximate surface area is 171 Å². The molecular formula is C21H15Cl2N3O2. The number of nitrogens with one attached hydrogen (secondary N) is 1. The van der Waals surface area contributed by atoms with E-state index in [9.17, 15) is 10.1 Å². The lowest BCUT2D eigenvalue weighted by Gasteiger charge is -2.19. The van der Waals surface area contributed by atoms with Crippen LogP contribution >= 0.6 is 23.2 Å². The van der Waals surface area contributed by atoms with Gasteiger partial charge in [-0.1, -0.05) is 47.5 Å². The highest BCUT2D eigenvalue weighted by Gasteiger charge is 2.32. The van der Waals surface area contributed by atoms with Crippen molar-refractivity contribution in [2.24, 2.45) is 4.99 Å². The Balaban J connectivity index is 1.72. The van der Waals surface area contributed by atoms with Crippen molar-refractivity contribution in [3.63, 3.8) is 0 Å². The maximum Gasteiger partial charge on any atom is 0.269 e. The smallest absolute Gasteiger partial charge is 0.269 e. The molecule has 2 atom stereocenters. The van der Waals surface area contributed by atoms with Crippen LogP contribution in [0, 0.1) is 10.1 Å². The van der Waals surface area contributed by atoms with Crippen LogP contribution in [0.3, 0.4) is 0 Å². The van der Waals surface area contributed by atoms with E-state index in [4.69, 9.17) is 28.2 Å². The average molecular weight is 412 g/mol. The molecule has 0 saturated carbocycles. The first-order valence-corrected chi connectivity index (χ1v) is 9.37. The summed E-state index contributed by atoms with van der Waals surface area (Å²) in [5, 5.41) is 15.7. The minimum atomic E-state index is -0.405. The zero-order chi connectivity index (χ0) is 19.7. The number of nitro groups is 1. The van der Waals surface area contributed by atoms with Gasteiger partial charge in [-0.3, -0.25) is 15.1 Å². The highest BCUT2D eigenvalue weighted by molar-refractivity contribution is 6.30. The first-order valence-electron chi connectivity index (χ1n) is 8.61. The van der Waals surface area contributed by atoms with Gasteiger partial charge < -0.3 is 5.32 Å². The minimum Gasteiger partial charge on any atom is -0.361 e. The first kappa shape index (κ1) is 18.5. The van der Waals surface area contributed by atoms with Crippen LogP contribution in [0.1, 0.15) is 28.8 Å². The Morgan fingerprint density at radius 3 is 1.93 bits per heavy atom. The Morgan fingerprint density at radius 2 is 1.36 bits per heavy atom. The molecule has 1 heterocycles. The standard InChI is InChI=1S/C21H15Cl2N3O2/c22-16-7-1-13(2-8-16)19-20(14-5-11-18(12-6-14)26(27)28)25-21(24-19)15-3-9-17(23)10-4-15/h1-12,19-20H,(H,24,25). The predicted octanol–water partition coefficient (Wildman–Crippen LogP) is 5.73. The molecule has 1 aliphatic rings. The van der Waals surface area contributed by atoms with Crippen molar-refractivity contribution in [1.82, 2.24) is 5.32 Å². The molecule has 3 aromatic carbocycles. The third-order valence-electron chi connectivity index (χ3n) is 4.67. The van der Waals surface area contributed by atoms with E-state index in [0.717, 1.165) is 22.5 Å². The summed E-state index contributed by atoms with van der Waals surface area (Å²) >= 11 is 12.0. The van der Waals surface area contributed by atoms with E-state index in [1.165, 1.54) is 12.1 Å². The van der Waals surface area contributed by atoms with Gasteiger partial charge in [0.15, 0.2) is 0 Å². The molecule has 0 aromatic heterocycles. The lowest BCUT2D eigenvalue weighted by Crippen LogP contribution is -2.25. The molecule has 0 amide bonds. The van der Waals surface area contributed by atoms with Crippen molar-refractivity contribution in [1.29, 1.82) is 0 Å². The molecular weight excluding hydrogens is 397 g/mol. The largest absolute Gasteiger partial charge is 0.361 e. The number of nitrogens with zero attached hydrogens (tertiary/aromatic N) is 2. The van der Waals surface area contributed by atoms with Crippen molar-refractivity contribution < 1.29 is 4.92 Å². The van der Waals surface area contributed by atoms with E-state index in [2.05, 4.69) is 5.32 Å². The Morgan fingerprint density at radius 1 is 0.821 bits per heavy atom. The van der Waals surface area contributed by atoms with Crippen LogP contribution < -0.4 is 5.32 Å². The number of halogens is 2. The third-order valence-corrected chi connectivity index (χ3v) is 5.17. The van der Waals surface area contributed by atoms with E-state index in [-0.39, 0.29) is 17.8 Å². The summed E-state index contributed by atoms with van der Waals surface area (Å²) in [5.74, 6) is 0.750. The Bertz CT molecular complexity index is 1030. The van der Waals surface area contributed by atoms with Crippen LogP contribution in [0.25, 0.3) is 0 Å². The zero-order valence-electron chi connectivity index (χ0n) is 14.5. The molecule has 0 radical (unpaired) electrons. The van der Waals surface area contributed by atoms with E-state index in [1.807, 2.05) is 48.5 Å². The number of non-ortho nitro benzene ring substituents is 1. The Kier molecular flexibility index (Phi) is 5.03. The number of amidine groups is 1. The molecule has 7 heteroatoms. The topological polar surface area (TPSA) is 67.5 Å². The molecule has 5 nitrogen and oxygen atoms in total. The molecule has 0 spiro atoms. The first-order chi connectivity index (χ1) is 13.5. The third kappa shape index (κ3) is 3.72. The normalized spacial score (nSPS) is 18.4. The van der Waals surface area contributed by atoms with Crippen molar-refractivity contribution in [3.8, 4) is 0 Å².